The molecule has 2 atom stereocenters. The lowest BCUT2D eigenvalue weighted by Gasteiger charge is -2.18. The molecule has 0 spiro atoms. The summed E-state index contributed by atoms with van der Waals surface area (Å²) < 4.78 is 5.99. The Balaban J connectivity index is 4.04. The second-order valence-electron chi connectivity index (χ2n) is 14.8. The zero-order chi connectivity index (χ0) is 37.6. The second kappa shape index (κ2) is 37.6. The largest absolute Gasteiger partial charge is 0.480 e. The molecular weight excluding hydrogens is 644 g/mol. The molecule has 0 aliphatic rings. The van der Waals surface area contributed by atoms with Gasteiger partial charge < -0.3 is 25.6 Å². The molecule has 0 radical (unpaired) electrons. The summed E-state index contributed by atoms with van der Waals surface area (Å²) in [7, 11) is 0. The minimum Gasteiger partial charge on any atom is -0.480 e. The van der Waals surface area contributed by atoms with Gasteiger partial charge in [-0.3, -0.25) is 14.4 Å². The van der Waals surface area contributed by atoms with Gasteiger partial charge in [0.1, 0.15) is 12.1 Å². The van der Waals surface area contributed by atoms with Crippen LogP contribution in [-0.2, 0) is 23.9 Å². The van der Waals surface area contributed by atoms with Gasteiger partial charge in [0.25, 0.3) is 0 Å². The number of carboxylic acids is 1. The maximum atomic E-state index is 12.7. The third-order valence-electron chi connectivity index (χ3n) is 9.85. The Hall–Kier alpha value is -2.16. The number of hydrogen-bond acceptors (Lipinski definition) is 6. The lowest BCUT2D eigenvalue weighted by molar-refractivity contribution is -0.150. The molecule has 0 aromatic rings. The quantitative estimate of drug-likeness (QED) is 0.0365. The van der Waals surface area contributed by atoms with Crippen LogP contribution in [0.1, 0.15) is 219 Å². The summed E-state index contributed by atoms with van der Waals surface area (Å²) in [6.45, 7) is 3.48. The average Bonchev–Trinajstić information content (AvgIpc) is 3.11. The number of esters is 1. The molecule has 0 bridgehead atoms. The van der Waals surface area contributed by atoms with Crippen molar-refractivity contribution in [1.29, 1.82) is 0 Å². The molecule has 9 nitrogen and oxygen atoms in total. The molecule has 0 heterocycles. The number of unbranched alkanes of at least 4 members (excludes halogenated alkanes) is 25. The standard InChI is InChI=1S/C42H80N2O7/c1-3-5-7-9-11-12-13-14-15-16-17-18-19-20-21-26-30-34-41(48)51-37(31-27-23-10-8-6-4-2)32-28-24-22-25-29-33-39(46)43-35-40(47)44-38(36-45)42(49)50/h37-38,45H,3-36H2,1-2H3,(H,43,46)(H,44,47)(H,49,50). The van der Waals surface area contributed by atoms with E-state index in [1.54, 1.807) is 0 Å². The van der Waals surface area contributed by atoms with Crippen LogP contribution in [0.5, 0.6) is 0 Å². The average molecular weight is 725 g/mol. The van der Waals surface area contributed by atoms with E-state index in [4.69, 9.17) is 14.9 Å². The van der Waals surface area contributed by atoms with Gasteiger partial charge >= 0.3 is 11.9 Å². The van der Waals surface area contributed by atoms with Gasteiger partial charge in [-0.1, -0.05) is 168 Å². The van der Waals surface area contributed by atoms with Crippen LogP contribution >= 0.6 is 0 Å². The summed E-state index contributed by atoms with van der Waals surface area (Å²) in [5, 5.41) is 22.5. The normalized spacial score (nSPS) is 12.4. The number of amides is 2. The van der Waals surface area contributed by atoms with Gasteiger partial charge in [-0.15, -0.1) is 0 Å². The van der Waals surface area contributed by atoms with Gasteiger partial charge in [-0.05, 0) is 38.5 Å². The Labute approximate surface area is 312 Å². The highest BCUT2D eigenvalue weighted by Gasteiger charge is 2.19. The molecule has 2 unspecified atom stereocenters. The highest BCUT2D eigenvalue weighted by Crippen LogP contribution is 2.19. The number of carboxylic acid groups (broad SMARTS) is 1. The van der Waals surface area contributed by atoms with Crippen molar-refractivity contribution in [3.63, 3.8) is 0 Å². The first kappa shape index (κ1) is 48.8. The van der Waals surface area contributed by atoms with E-state index in [0.29, 0.717) is 19.3 Å². The number of aliphatic carboxylic acids is 1. The topological polar surface area (TPSA) is 142 Å². The number of hydrogen-bond donors (Lipinski definition) is 4. The van der Waals surface area contributed by atoms with E-state index >= 15 is 0 Å². The van der Waals surface area contributed by atoms with Gasteiger partial charge in [-0.2, -0.15) is 0 Å². The van der Waals surface area contributed by atoms with E-state index in [0.717, 1.165) is 57.8 Å². The molecule has 0 fully saturated rings. The third kappa shape index (κ3) is 34.7. The monoisotopic (exact) mass is 725 g/mol. The van der Waals surface area contributed by atoms with E-state index in [1.165, 1.54) is 128 Å². The van der Waals surface area contributed by atoms with Crippen molar-refractivity contribution in [2.75, 3.05) is 13.2 Å². The maximum absolute atomic E-state index is 12.7. The highest BCUT2D eigenvalue weighted by molar-refractivity contribution is 5.87. The van der Waals surface area contributed by atoms with Crippen LogP contribution in [0, 0.1) is 0 Å². The van der Waals surface area contributed by atoms with Crippen molar-refractivity contribution in [1.82, 2.24) is 10.6 Å². The molecule has 9 heteroatoms. The molecule has 0 aliphatic heterocycles. The summed E-state index contributed by atoms with van der Waals surface area (Å²) in [5.74, 6) is -2.28. The molecule has 0 aromatic carbocycles. The van der Waals surface area contributed by atoms with Crippen molar-refractivity contribution in [3.05, 3.63) is 0 Å². The Morgan fingerprint density at radius 3 is 1.27 bits per heavy atom. The van der Waals surface area contributed by atoms with E-state index < -0.39 is 24.5 Å². The SMILES string of the molecule is CCCCCCCCCCCCCCCCCCCC(=O)OC(CCCCCCCC)CCCCCCCC(=O)NCC(=O)NC(CO)C(=O)O. The lowest BCUT2D eigenvalue weighted by atomic mass is 10.0. The van der Waals surface area contributed by atoms with Gasteiger partial charge in [0.2, 0.25) is 11.8 Å². The highest BCUT2D eigenvalue weighted by atomic mass is 16.5. The maximum Gasteiger partial charge on any atom is 0.328 e. The molecule has 51 heavy (non-hydrogen) atoms. The fourth-order valence-electron chi connectivity index (χ4n) is 6.54. The zero-order valence-electron chi connectivity index (χ0n) is 33.1. The lowest BCUT2D eigenvalue weighted by Crippen LogP contribution is -2.47. The summed E-state index contributed by atoms with van der Waals surface area (Å²) in [6, 6.07) is -1.38. The van der Waals surface area contributed by atoms with E-state index in [2.05, 4.69) is 24.5 Å². The molecular formula is C42H80N2O7. The molecule has 4 N–H and O–H groups in total. The first-order valence-electron chi connectivity index (χ1n) is 21.4. The van der Waals surface area contributed by atoms with Gasteiger partial charge in [0, 0.05) is 12.8 Å². The van der Waals surface area contributed by atoms with Crippen molar-refractivity contribution in [2.45, 2.75) is 231 Å². The minimum atomic E-state index is -1.38. The van der Waals surface area contributed by atoms with Gasteiger partial charge in [0.15, 0.2) is 0 Å². The van der Waals surface area contributed by atoms with Crippen molar-refractivity contribution >= 4 is 23.8 Å². The summed E-state index contributed by atoms with van der Waals surface area (Å²) in [5.41, 5.74) is 0. The number of carbonyl (C=O) groups is 4. The van der Waals surface area contributed by atoms with Crippen LogP contribution < -0.4 is 10.6 Å². The molecule has 0 saturated carbocycles. The van der Waals surface area contributed by atoms with E-state index in [9.17, 15) is 19.2 Å². The number of aliphatic hydroxyl groups excluding tert-OH is 1. The van der Waals surface area contributed by atoms with E-state index in [-0.39, 0.29) is 24.5 Å². The fraction of sp³-hybridized carbons (Fsp3) is 0.905. The molecule has 0 aromatic heterocycles. The third-order valence-corrected chi connectivity index (χ3v) is 9.85. The van der Waals surface area contributed by atoms with Crippen LogP contribution in [-0.4, -0.2) is 59.3 Å². The van der Waals surface area contributed by atoms with Crippen molar-refractivity contribution < 1.29 is 34.1 Å². The van der Waals surface area contributed by atoms with Crippen LogP contribution in [0.25, 0.3) is 0 Å². The molecule has 300 valence electrons. The Morgan fingerprint density at radius 1 is 0.510 bits per heavy atom. The fourth-order valence-corrected chi connectivity index (χ4v) is 6.54. The van der Waals surface area contributed by atoms with Crippen LogP contribution in [0.4, 0.5) is 0 Å². The summed E-state index contributed by atoms with van der Waals surface area (Å²) >= 11 is 0. The summed E-state index contributed by atoms with van der Waals surface area (Å²) in [4.78, 5) is 47.4. The Kier molecular flexibility index (Phi) is 36.0. The Bertz CT molecular complexity index is 838. The molecule has 0 aliphatic carbocycles. The molecule has 0 saturated heterocycles. The van der Waals surface area contributed by atoms with Crippen LogP contribution in [0.3, 0.4) is 0 Å². The minimum absolute atomic E-state index is 0.00190. The van der Waals surface area contributed by atoms with Crippen molar-refractivity contribution in [3.8, 4) is 0 Å². The first-order valence-corrected chi connectivity index (χ1v) is 21.4. The van der Waals surface area contributed by atoms with E-state index in [1.807, 2.05) is 0 Å². The van der Waals surface area contributed by atoms with Gasteiger partial charge in [-0.25, -0.2) is 4.79 Å². The predicted molar refractivity (Wildman–Crippen MR) is 209 cm³/mol. The smallest absolute Gasteiger partial charge is 0.328 e. The number of nitrogens with one attached hydrogen (secondary N) is 2. The number of carbonyl (C=O) groups excluding carboxylic acids is 3. The van der Waals surface area contributed by atoms with Crippen molar-refractivity contribution in [2.24, 2.45) is 0 Å². The molecule has 0 rings (SSSR count). The second-order valence-corrected chi connectivity index (χ2v) is 14.8. The van der Waals surface area contributed by atoms with Crippen LogP contribution in [0.2, 0.25) is 0 Å². The number of rotatable bonds is 39. The predicted octanol–water partition coefficient (Wildman–Crippen LogP) is 10.1. The molecule has 2 amide bonds. The number of ether oxygens (including phenoxy) is 1. The summed E-state index contributed by atoms with van der Waals surface area (Å²) in [6.07, 6.45) is 37.2. The van der Waals surface area contributed by atoms with Gasteiger partial charge in [0.05, 0.1) is 13.2 Å². The number of aliphatic hydroxyl groups is 1. The van der Waals surface area contributed by atoms with Crippen LogP contribution in [0.15, 0.2) is 0 Å². The first-order chi connectivity index (χ1) is 24.8. The zero-order valence-corrected chi connectivity index (χ0v) is 33.1. The Morgan fingerprint density at radius 2 is 0.882 bits per heavy atom.